The average Bonchev–Trinajstić information content (AvgIpc) is 2.41. The second kappa shape index (κ2) is 9.78. The molecular weight excluding hydrogens is 264 g/mol. The van der Waals surface area contributed by atoms with Crippen molar-refractivity contribution in [2.75, 3.05) is 47.1 Å². The van der Waals surface area contributed by atoms with Gasteiger partial charge in [0.2, 0.25) is 0 Å². The van der Waals surface area contributed by atoms with Crippen molar-refractivity contribution in [2.24, 2.45) is 5.41 Å². The van der Waals surface area contributed by atoms with Crippen LogP contribution in [0.3, 0.4) is 0 Å². The highest BCUT2D eigenvalue weighted by molar-refractivity contribution is 4.84. The van der Waals surface area contributed by atoms with E-state index in [2.05, 4.69) is 51.8 Å². The molecule has 4 nitrogen and oxygen atoms in total. The molecule has 0 spiro atoms. The van der Waals surface area contributed by atoms with Crippen molar-refractivity contribution in [2.45, 2.75) is 59.5 Å². The van der Waals surface area contributed by atoms with Crippen LogP contribution >= 0.6 is 0 Å². The van der Waals surface area contributed by atoms with E-state index in [4.69, 9.17) is 9.47 Å². The summed E-state index contributed by atoms with van der Waals surface area (Å²) < 4.78 is 10.6. The first-order valence-electron chi connectivity index (χ1n) is 8.14. The van der Waals surface area contributed by atoms with Gasteiger partial charge in [0.05, 0.1) is 13.2 Å². The fraction of sp³-hybridized carbons (Fsp3) is 1.00. The third-order valence-corrected chi connectivity index (χ3v) is 4.10. The summed E-state index contributed by atoms with van der Waals surface area (Å²) in [6.07, 6.45) is 1.15. The Morgan fingerprint density at radius 1 is 1.10 bits per heavy atom. The number of ether oxygens (including phenoxy) is 2. The van der Waals surface area contributed by atoms with Crippen molar-refractivity contribution >= 4 is 0 Å². The Kier molecular flexibility index (Phi) is 9.70. The molecule has 0 saturated heterocycles. The molecule has 0 fully saturated rings. The fourth-order valence-electron chi connectivity index (χ4n) is 2.27. The van der Waals surface area contributed by atoms with Crippen molar-refractivity contribution in [3.8, 4) is 0 Å². The Morgan fingerprint density at radius 2 is 1.71 bits per heavy atom. The zero-order valence-corrected chi connectivity index (χ0v) is 15.6. The van der Waals surface area contributed by atoms with Gasteiger partial charge in [0.15, 0.2) is 0 Å². The standard InChI is InChI=1S/C17H38N2O2/c1-9-17(6,13-18-16(3,4)5)14-19(10-11-20-7)15(2)12-21-8/h15,18H,9-14H2,1-8H3. The van der Waals surface area contributed by atoms with Gasteiger partial charge >= 0.3 is 0 Å². The molecule has 128 valence electrons. The van der Waals surface area contributed by atoms with Crippen LogP contribution in [0.25, 0.3) is 0 Å². The van der Waals surface area contributed by atoms with Crippen LogP contribution in [0.4, 0.5) is 0 Å². The maximum absolute atomic E-state index is 5.33. The predicted molar refractivity (Wildman–Crippen MR) is 90.9 cm³/mol. The summed E-state index contributed by atoms with van der Waals surface area (Å²) in [5.41, 5.74) is 0.412. The van der Waals surface area contributed by atoms with Crippen LogP contribution in [0.2, 0.25) is 0 Å². The Morgan fingerprint density at radius 3 is 2.14 bits per heavy atom. The molecule has 0 bridgehead atoms. The molecule has 1 N–H and O–H groups in total. The summed E-state index contributed by atoms with van der Waals surface area (Å²) in [6.45, 7) is 18.1. The van der Waals surface area contributed by atoms with E-state index in [1.54, 1.807) is 14.2 Å². The summed E-state index contributed by atoms with van der Waals surface area (Å²) in [7, 11) is 3.53. The number of nitrogens with zero attached hydrogens (tertiary/aromatic N) is 1. The Hall–Kier alpha value is -0.160. The van der Waals surface area contributed by atoms with Crippen LogP contribution in [0.1, 0.15) is 48.0 Å². The number of nitrogens with one attached hydrogen (secondary N) is 1. The lowest BCUT2D eigenvalue weighted by molar-refractivity contribution is 0.0442. The van der Waals surface area contributed by atoms with Crippen molar-refractivity contribution in [1.82, 2.24) is 10.2 Å². The smallest absolute Gasteiger partial charge is 0.0615 e. The maximum atomic E-state index is 5.33. The topological polar surface area (TPSA) is 33.7 Å². The molecule has 0 rings (SSSR count). The minimum atomic E-state index is 0.159. The highest BCUT2D eigenvalue weighted by atomic mass is 16.5. The number of methoxy groups -OCH3 is 2. The third kappa shape index (κ3) is 9.46. The number of hydrogen-bond acceptors (Lipinski definition) is 4. The van der Waals surface area contributed by atoms with Crippen molar-refractivity contribution < 1.29 is 9.47 Å². The van der Waals surface area contributed by atoms with Crippen LogP contribution < -0.4 is 5.32 Å². The van der Waals surface area contributed by atoms with Crippen LogP contribution in [0, 0.1) is 5.41 Å². The van der Waals surface area contributed by atoms with Gasteiger partial charge in [-0.25, -0.2) is 0 Å². The highest BCUT2D eigenvalue weighted by Crippen LogP contribution is 2.24. The van der Waals surface area contributed by atoms with Crippen molar-refractivity contribution in [1.29, 1.82) is 0 Å². The van der Waals surface area contributed by atoms with E-state index < -0.39 is 0 Å². The zero-order chi connectivity index (χ0) is 16.5. The number of rotatable bonds is 11. The van der Waals surface area contributed by atoms with Gasteiger partial charge in [-0.3, -0.25) is 4.90 Å². The molecule has 21 heavy (non-hydrogen) atoms. The van der Waals surface area contributed by atoms with E-state index in [-0.39, 0.29) is 11.0 Å². The van der Waals surface area contributed by atoms with Gasteiger partial charge in [-0.2, -0.15) is 0 Å². The molecule has 0 radical (unpaired) electrons. The summed E-state index contributed by atoms with van der Waals surface area (Å²) in [4.78, 5) is 2.49. The van der Waals surface area contributed by atoms with E-state index in [9.17, 15) is 0 Å². The average molecular weight is 303 g/mol. The summed E-state index contributed by atoms with van der Waals surface area (Å²) in [6, 6.07) is 0.408. The van der Waals surface area contributed by atoms with E-state index >= 15 is 0 Å². The molecule has 0 heterocycles. The third-order valence-electron chi connectivity index (χ3n) is 4.10. The summed E-state index contributed by atoms with van der Waals surface area (Å²) >= 11 is 0. The first-order valence-corrected chi connectivity index (χ1v) is 8.14. The lowest BCUT2D eigenvalue weighted by Gasteiger charge is -2.39. The second-order valence-corrected chi connectivity index (χ2v) is 7.54. The Labute approximate surface area is 132 Å². The van der Waals surface area contributed by atoms with E-state index in [1.165, 1.54) is 0 Å². The molecule has 2 atom stereocenters. The second-order valence-electron chi connectivity index (χ2n) is 7.54. The van der Waals surface area contributed by atoms with Gasteiger partial charge in [0.1, 0.15) is 0 Å². The molecule has 0 aromatic rings. The number of hydrogen-bond donors (Lipinski definition) is 1. The molecule has 2 unspecified atom stereocenters. The van der Waals surface area contributed by atoms with Gasteiger partial charge < -0.3 is 14.8 Å². The van der Waals surface area contributed by atoms with Crippen LogP contribution in [-0.2, 0) is 9.47 Å². The van der Waals surface area contributed by atoms with E-state index in [1.807, 2.05) is 0 Å². The fourth-order valence-corrected chi connectivity index (χ4v) is 2.27. The van der Waals surface area contributed by atoms with Crippen molar-refractivity contribution in [3.05, 3.63) is 0 Å². The first kappa shape index (κ1) is 20.8. The minimum absolute atomic E-state index is 0.159. The van der Waals surface area contributed by atoms with Gasteiger partial charge in [-0.05, 0) is 39.5 Å². The maximum Gasteiger partial charge on any atom is 0.0615 e. The largest absolute Gasteiger partial charge is 0.383 e. The molecule has 0 saturated carbocycles. The van der Waals surface area contributed by atoms with Crippen LogP contribution in [0.15, 0.2) is 0 Å². The molecule has 0 aliphatic rings. The molecule has 0 aromatic carbocycles. The van der Waals surface area contributed by atoms with E-state index in [0.29, 0.717) is 6.04 Å². The van der Waals surface area contributed by atoms with Crippen LogP contribution in [-0.4, -0.2) is 63.5 Å². The summed E-state index contributed by atoms with van der Waals surface area (Å²) in [5.74, 6) is 0. The molecule has 0 aliphatic carbocycles. The zero-order valence-electron chi connectivity index (χ0n) is 15.6. The molecule has 4 heteroatoms. The van der Waals surface area contributed by atoms with Gasteiger partial charge in [0.25, 0.3) is 0 Å². The molecule has 0 aromatic heterocycles. The molecular formula is C17H38N2O2. The first-order chi connectivity index (χ1) is 9.67. The highest BCUT2D eigenvalue weighted by Gasteiger charge is 2.28. The lowest BCUT2D eigenvalue weighted by Crippen LogP contribution is -2.50. The Balaban J connectivity index is 4.72. The quantitative estimate of drug-likeness (QED) is 0.636. The van der Waals surface area contributed by atoms with Gasteiger partial charge in [0, 0.05) is 45.4 Å². The monoisotopic (exact) mass is 302 g/mol. The van der Waals surface area contributed by atoms with Crippen molar-refractivity contribution in [3.63, 3.8) is 0 Å². The summed E-state index contributed by atoms with van der Waals surface area (Å²) in [5, 5.41) is 3.66. The molecule has 0 amide bonds. The van der Waals surface area contributed by atoms with Crippen LogP contribution in [0.5, 0.6) is 0 Å². The van der Waals surface area contributed by atoms with Gasteiger partial charge in [-0.15, -0.1) is 0 Å². The predicted octanol–water partition coefficient (Wildman–Crippen LogP) is 2.77. The SMILES string of the molecule is CCC(C)(CNC(C)(C)C)CN(CCOC)C(C)COC. The van der Waals surface area contributed by atoms with E-state index in [0.717, 1.165) is 39.3 Å². The normalized spacial score (nSPS) is 17.0. The molecule has 0 aliphatic heterocycles. The van der Waals surface area contributed by atoms with Gasteiger partial charge in [-0.1, -0.05) is 13.8 Å². The minimum Gasteiger partial charge on any atom is -0.383 e. The Bertz CT molecular complexity index is 266. The lowest BCUT2D eigenvalue weighted by atomic mass is 9.85.